The first-order valence-corrected chi connectivity index (χ1v) is 5.16. The lowest BCUT2D eigenvalue weighted by Crippen LogP contribution is -2.41. The number of rotatable bonds is 1. The SMILES string of the molecule is CC(C)(C)OC(=O)[C@H]1CCNCCN1. The summed E-state index contributed by atoms with van der Waals surface area (Å²) >= 11 is 0. The number of hydrogen-bond acceptors (Lipinski definition) is 4. The van der Waals surface area contributed by atoms with Gasteiger partial charge in [0.15, 0.2) is 0 Å². The minimum absolute atomic E-state index is 0.138. The van der Waals surface area contributed by atoms with E-state index >= 15 is 0 Å². The molecule has 2 N–H and O–H groups in total. The van der Waals surface area contributed by atoms with Crippen molar-refractivity contribution in [3.8, 4) is 0 Å². The van der Waals surface area contributed by atoms with Gasteiger partial charge in [-0.25, -0.2) is 0 Å². The molecule has 0 aromatic rings. The fourth-order valence-corrected chi connectivity index (χ4v) is 1.38. The van der Waals surface area contributed by atoms with Gasteiger partial charge in [0.1, 0.15) is 11.6 Å². The van der Waals surface area contributed by atoms with Crippen LogP contribution < -0.4 is 10.6 Å². The first-order valence-electron chi connectivity index (χ1n) is 5.16. The van der Waals surface area contributed by atoms with E-state index in [1.54, 1.807) is 0 Å². The average molecular weight is 200 g/mol. The second-order valence-electron chi connectivity index (χ2n) is 4.58. The summed E-state index contributed by atoms with van der Waals surface area (Å²) in [4.78, 5) is 11.7. The molecule has 0 saturated carbocycles. The molecule has 0 amide bonds. The summed E-state index contributed by atoms with van der Waals surface area (Å²) in [6.45, 7) is 8.28. The summed E-state index contributed by atoms with van der Waals surface area (Å²) in [6.07, 6.45) is 0.801. The van der Waals surface area contributed by atoms with Crippen molar-refractivity contribution < 1.29 is 9.53 Å². The molecule has 1 rings (SSSR count). The maximum atomic E-state index is 11.7. The third-order valence-corrected chi connectivity index (χ3v) is 1.99. The van der Waals surface area contributed by atoms with Crippen molar-refractivity contribution in [2.45, 2.75) is 38.8 Å². The van der Waals surface area contributed by atoms with Gasteiger partial charge in [0.05, 0.1) is 0 Å². The van der Waals surface area contributed by atoms with Gasteiger partial charge in [-0.2, -0.15) is 0 Å². The van der Waals surface area contributed by atoms with Gasteiger partial charge in [0.2, 0.25) is 0 Å². The topological polar surface area (TPSA) is 50.4 Å². The molecular weight excluding hydrogens is 180 g/mol. The molecule has 4 heteroatoms. The predicted molar refractivity (Wildman–Crippen MR) is 55.1 cm³/mol. The highest BCUT2D eigenvalue weighted by molar-refractivity contribution is 5.76. The van der Waals surface area contributed by atoms with Crippen LogP contribution in [0.2, 0.25) is 0 Å². The normalized spacial score (nSPS) is 24.1. The van der Waals surface area contributed by atoms with Gasteiger partial charge in [-0.15, -0.1) is 0 Å². The third kappa shape index (κ3) is 4.07. The Morgan fingerprint density at radius 1 is 1.29 bits per heavy atom. The zero-order valence-electron chi connectivity index (χ0n) is 9.22. The molecule has 0 aromatic heterocycles. The van der Waals surface area contributed by atoms with Crippen LogP contribution >= 0.6 is 0 Å². The van der Waals surface area contributed by atoms with Crippen molar-refractivity contribution in [2.24, 2.45) is 0 Å². The van der Waals surface area contributed by atoms with E-state index in [0.29, 0.717) is 0 Å². The van der Waals surface area contributed by atoms with Crippen LogP contribution in [0.4, 0.5) is 0 Å². The standard InChI is InChI=1S/C10H20N2O2/c1-10(2,3)14-9(13)8-4-5-11-6-7-12-8/h8,11-12H,4-7H2,1-3H3/t8-/m1/s1. The van der Waals surface area contributed by atoms with E-state index in [1.807, 2.05) is 20.8 Å². The van der Waals surface area contributed by atoms with Crippen molar-refractivity contribution in [3.05, 3.63) is 0 Å². The van der Waals surface area contributed by atoms with Gasteiger partial charge in [-0.05, 0) is 33.7 Å². The fraction of sp³-hybridized carbons (Fsp3) is 0.900. The van der Waals surface area contributed by atoms with Crippen LogP contribution in [-0.2, 0) is 9.53 Å². The number of hydrogen-bond donors (Lipinski definition) is 2. The predicted octanol–water partition coefficient (Wildman–Crippen LogP) is 0.280. The zero-order valence-corrected chi connectivity index (χ0v) is 9.22. The summed E-state index contributed by atoms with van der Waals surface area (Å²) in [5, 5.41) is 6.39. The average Bonchev–Trinajstić information content (AvgIpc) is 2.27. The van der Waals surface area contributed by atoms with E-state index in [-0.39, 0.29) is 12.0 Å². The molecule has 1 saturated heterocycles. The molecule has 1 heterocycles. The first kappa shape index (κ1) is 11.5. The summed E-state index contributed by atoms with van der Waals surface area (Å²) in [5.41, 5.74) is -0.390. The van der Waals surface area contributed by atoms with E-state index in [9.17, 15) is 4.79 Å². The van der Waals surface area contributed by atoms with Crippen LogP contribution in [-0.4, -0.2) is 37.2 Å². The Hall–Kier alpha value is -0.610. The van der Waals surface area contributed by atoms with Crippen LogP contribution in [0.25, 0.3) is 0 Å². The lowest BCUT2D eigenvalue weighted by atomic mass is 10.1. The molecule has 1 aliphatic heterocycles. The van der Waals surface area contributed by atoms with E-state index in [2.05, 4.69) is 10.6 Å². The lowest BCUT2D eigenvalue weighted by molar-refractivity contribution is -0.157. The first-order chi connectivity index (χ1) is 6.49. The monoisotopic (exact) mass is 200 g/mol. The highest BCUT2D eigenvalue weighted by atomic mass is 16.6. The van der Waals surface area contributed by atoms with E-state index in [0.717, 1.165) is 26.1 Å². The highest BCUT2D eigenvalue weighted by Crippen LogP contribution is 2.09. The summed E-state index contributed by atoms with van der Waals surface area (Å²) in [6, 6.07) is -0.149. The highest BCUT2D eigenvalue weighted by Gasteiger charge is 2.25. The summed E-state index contributed by atoms with van der Waals surface area (Å²) in [5.74, 6) is -0.138. The molecule has 0 radical (unpaired) electrons. The molecule has 1 fully saturated rings. The van der Waals surface area contributed by atoms with Crippen LogP contribution in [0, 0.1) is 0 Å². The van der Waals surface area contributed by atoms with Crippen molar-refractivity contribution in [1.82, 2.24) is 10.6 Å². The van der Waals surface area contributed by atoms with Crippen molar-refractivity contribution in [1.29, 1.82) is 0 Å². The number of esters is 1. The Bertz CT molecular complexity index is 191. The second-order valence-corrected chi connectivity index (χ2v) is 4.58. The smallest absolute Gasteiger partial charge is 0.323 e. The molecule has 82 valence electrons. The lowest BCUT2D eigenvalue weighted by Gasteiger charge is -2.23. The quantitative estimate of drug-likeness (QED) is 0.597. The number of ether oxygens (including phenoxy) is 1. The molecule has 0 spiro atoms. The van der Waals surface area contributed by atoms with Crippen LogP contribution in [0.1, 0.15) is 27.2 Å². The van der Waals surface area contributed by atoms with Crippen molar-refractivity contribution in [3.63, 3.8) is 0 Å². The van der Waals surface area contributed by atoms with Crippen molar-refractivity contribution in [2.75, 3.05) is 19.6 Å². The molecule has 4 nitrogen and oxygen atoms in total. The molecule has 0 aromatic carbocycles. The molecule has 1 aliphatic rings. The minimum Gasteiger partial charge on any atom is -0.459 e. The maximum Gasteiger partial charge on any atom is 0.323 e. The minimum atomic E-state index is -0.390. The van der Waals surface area contributed by atoms with Gasteiger partial charge in [0, 0.05) is 13.1 Å². The van der Waals surface area contributed by atoms with Gasteiger partial charge in [-0.1, -0.05) is 0 Å². The Labute approximate surface area is 85.4 Å². The molecule has 14 heavy (non-hydrogen) atoms. The molecule has 0 aliphatic carbocycles. The largest absolute Gasteiger partial charge is 0.459 e. The zero-order chi connectivity index (χ0) is 10.6. The van der Waals surface area contributed by atoms with Crippen molar-refractivity contribution >= 4 is 5.97 Å². The number of nitrogens with one attached hydrogen (secondary N) is 2. The molecular formula is C10H20N2O2. The van der Waals surface area contributed by atoms with E-state index < -0.39 is 5.60 Å². The van der Waals surface area contributed by atoms with Gasteiger partial charge in [-0.3, -0.25) is 4.79 Å². The van der Waals surface area contributed by atoms with E-state index in [4.69, 9.17) is 4.74 Å². The number of carbonyl (C=O) groups is 1. The molecule has 0 unspecified atom stereocenters. The van der Waals surface area contributed by atoms with Gasteiger partial charge in [0.25, 0.3) is 0 Å². The summed E-state index contributed by atoms with van der Waals surface area (Å²) in [7, 11) is 0. The molecule has 0 bridgehead atoms. The van der Waals surface area contributed by atoms with E-state index in [1.165, 1.54) is 0 Å². The Morgan fingerprint density at radius 2 is 2.00 bits per heavy atom. The second kappa shape index (κ2) is 4.75. The Kier molecular flexibility index (Phi) is 3.89. The van der Waals surface area contributed by atoms with Crippen LogP contribution in [0.5, 0.6) is 0 Å². The number of carbonyl (C=O) groups excluding carboxylic acids is 1. The third-order valence-electron chi connectivity index (χ3n) is 1.99. The molecule has 1 atom stereocenters. The maximum absolute atomic E-state index is 11.7. The summed E-state index contributed by atoms with van der Waals surface area (Å²) < 4.78 is 5.30. The van der Waals surface area contributed by atoms with Gasteiger partial charge < -0.3 is 15.4 Å². The van der Waals surface area contributed by atoms with Crippen LogP contribution in [0.15, 0.2) is 0 Å². The Balaban J connectivity index is 2.42. The Morgan fingerprint density at radius 3 is 2.64 bits per heavy atom. The van der Waals surface area contributed by atoms with Crippen LogP contribution in [0.3, 0.4) is 0 Å². The van der Waals surface area contributed by atoms with Gasteiger partial charge >= 0.3 is 5.97 Å². The fourth-order valence-electron chi connectivity index (χ4n) is 1.38.